The Morgan fingerprint density at radius 3 is 2.31 bits per heavy atom. The number of benzene rings is 1. The molecule has 90 valence electrons. The van der Waals surface area contributed by atoms with Crippen LogP contribution in [0.5, 0.6) is 0 Å². The third kappa shape index (κ3) is 6.15. The summed E-state index contributed by atoms with van der Waals surface area (Å²) in [4.78, 5) is 9.32. The Balaban J connectivity index is 0.000000487. The van der Waals surface area contributed by atoms with Gasteiger partial charge in [0.1, 0.15) is 0 Å². The number of carboxylic acid groups (broad SMARTS) is 1. The van der Waals surface area contributed by atoms with Crippen molar-refractivity contribution in [1.82, 2.24) is 0 Å². The number of aliphatic carboxylic acids is 1. The Morgan fingerprint density at radius 2 is 1.94 bits per heavy atom. The molecule has 0 aromatic heterocycles. The molecule has 0 bridgehead atoms. The van der Waals surface area contributed by atoms with Gasteiger partial charge >= 0.3 is 0 Å². The molecule has 16 heavy (non-hydrogen) atoms. The van der Waals surface area contributed by atoms with Crippen LogP contribution >= 0.6 is 0 Å². The van der Waals surface area contributed by atoms with E-state index in [1.54, 1.807) is 24.3 Å². The third-order valence-electron chi connectivity index (χ3n) is 1.56. The Kier molecular flexibility index (Phi) is 5.69. The van der Waals surface area contributed by atoms with Crippen LogP contribution in [0.3, 0.4) is 0 Å². The first kappa shape index (κ1) is 14.6. The molecule has 0 heterocycles. The van der Waals surface area contributed by atoms with Crippen LogP contribution in [0.15, 0.2) is 29.2 Å². The summed E-state index contributed by atoms with van der Waals surface area (Å²) in [5.41, 5.74) is 6.20. The van der Waals surface area contributed by atoms with Gasteiger partial charge in [-0.15, -0.1) is 0 Å². The fraction of sp³-hybridized carbons (Fsp3) is 0.300. The van der Waals surface area contributed by atoms with Crippen LogP contribution in [-0.4, -0.2) is 25.7 Å². The highest BCUT2D eigenvalue weighted by Gasteiger charge is 2.05. The normalized spacial score (nSPS) is 10.2. The molecular weight excluding hydrogens is 230 g/mol. The second-order valence-corrected chi connectivity index (χ2v) is 5.16. The lowest BCUT2D eigenvalue weighted by molar-refractivity contribution is -0.134. The molecule has 0 unspecified atom stereocenters. The van der Waals surface area contributed by atoms with Crippen molar-refractivity contribution in [3.05, 3.63) is 29.8 Å². The molecule has 1 rings (SSSR count). The highest BCUT2D eigenvalue weighted by Crippen LogP contribution is 2.10. The van der Waals surface area contributed by atoms with Gasteiger partial charge in [0.15, 0.2) is 9.84 Å². The zero-order valence-corrected chi connectivity index (χ0v) is 9.99. The number of rotatable bonds is 2. The van der Waals surface area contributed by atoms with Crippen LogP contribution in [0.2, 0.25) is 0 Å². The second kappa shape index (κ2) is 6.24. The maximum atomic E-state index is 11.1. The van der Waals surface area contributed by atoms with E-state index in [9.17, 15) is 8.42 Å². The van der Waals surface area contributed by atoms with E-state index in [1.807, 2.05) is 0 Å². The average molecular weight is 245 g/mol. The molecule has 0 aliphatic rings. The van der Waals surface area contributed by atoms with Crippen molar-refractivity contribution in [3.63, 3.8) is 0 Å². The summed E-state index contributed by atoms with van der Waals surface area (Å²) in [6, 6.07) is 6.65. The van der Waals surface area contributed by atoms with Gasteiger partial charge in [-0.3, -0.25) is 4.79 Å². The summed E-state index contributed by atoms with van der Waals surface area (Å²) in [7, 11) is -3.09. The molecule has 0 amide bonds. The van der Waals surface area contributed by atoms with Crippen molar-refractivity contribution < 1.29 is 18.3 Å². The molecule has 1 aromatic rings. The highest BCUT2D eigenvalue weighted by molar-refractivity contribution is 7.90. The minimum Gasteiger partial charge on any atom is -0.481 e. The first-order chi connectivity index (χ1) is 7.27. The Morgan fingerprint density at radius 1 is 1.44 bits per heavy atom. The van der Waals surface area contributed by atoms with E-state index in [0.29, 0.717) is 11.4 Å². The lowest BCUT2D eigenvalue weighted by Gasteiger charge is -2.00. The van der Waals surface area contributed by atoms with Crippen LogP contribution in [0.25, 0.3) is 0 Å². The molecule has 6 heteroatoms. The number of sulfone groups is 1. The average Bonchev–Trinajstić information content (AvgIpc) is 2.16. The molecule has 0 radical (unpaired) electrons. The van der Waals surface area contributed by atoms with Gasteiger partial charge in [0, 0.05) is 19.7 Å². The van der Waals surface area contributed by atoms with Crippen LogP contribution in [0.4, 0.5) is 0 Å². The van der Waals surface area contributed by atoms with E-state index in [-0.39, 0.29) is 0 Å². The fourth-order valence-corrected chi connectivity index (χ4v) is 1.59. The van der Waals surface area contributed by atoms with Crippen molar-refractivity contribution in [2.24, 2.45) is 5.73 Å². The molecule has 0 spiro atoms. The number of carbonyl (C=O) groups is 1. The number of carboxylic acids is 1. The monoisotopic (exact) mass is 245 g/mol. The van der Waals surface area contributed by atoms with E-state index in [2.05, 4.69) is 0 Å². The molecule has 0 saturated heterocycles. The van der Waals surface area contributed by atoms with Crippen molar-refractivity contribution >= 4 is 15.8 Å². The molecular formula is C10H15NO4S. The number of nitrogens with two attached hydrogens (primary N) is 1. The predicted molar refractivity (Wildman–Crippen MR) is 60.8 cm³/mol. The van der Waals surface area contributed by atoms with E-state index in [0.717, 1.165) is 12.5 Å². The van der Waals surface area contributed by atoms with Gasteiger partial charge in [0.05, 0.1) is 4.90 Å². The standard InChI is InChI=1S/C8H11NO2S.C2H4O2/c1-12(10,11)8-4-2-3-7(5-8)6-9;1-2(3)4/h2-5H,6,9H2,1H3;1H3,(H,3,4). The van der Waals surface area contributed by atoms with Gasteiger partial charge in [-0.25, -0.2) is 8.42 Å². The SMILES string of the molecule is CC(=O)O.CS(=O)(=O)c1cccc(CN)c1. The lowest BCUT2D eigenvalue weighted by atomic mass is 10.2. The van der Waals surface area contributed by atoms with Gasteiger partial charge in [-0.2, -0.15) is 0 Å². The summed E-state index contributed by atoms with van der Waals surface area (Å²) in [5, 5.41) is 7.42. The lowest BCUT2D eigenvalue weighted by Crippen LogP contribution is -2.00. The predicted octanol–water partition coefficient (Wildman–Crippen LogP) is 0.640. The minimum absolute atomic E-state index is 0.324. The molecule has 0 saturated carbocycles. The first-order valence-corrected chi connectivity index (χ1v) is 6.35. The quantitative estimate of drug-likeness (QED) is 0.796. The first-order valence-electron chi connectivity index (χ1n) is 4.46. The summed E-state index contributed by atoms with van der Waals surface area (Å²) in [6.45, 7) is 1.45. The maximum absolute atomic E-state index is 11.1. The molecule has 3 N–H and O–H groups in total. The molecule has 0 fully saturated rings. The largest absolute Gasteiger partial charge is 0.481 e. The number of hydrogen-bond acceptors (Lipinski definition) is 4. The highest BCUT2D eigenvalue weighted by atomic mass is 32.2. The van der Waals surface area contributed by atoms with Crippen molar-refractivity contribution in [2.75, 3.05) is 6.26 Å². The molecule has 0 aliphatic carbocycles. The Bertz CT molecular complexity index is 450. The minimum atomic E-state index is -3.09. The summed E-state index contributed by atoms with van der Waals surface area (Å²) in [5.74, 6) is -0.833. The van der Waals surface area contributed by atoms with Gasteiger partial charge in [-0.05, 0) is 17.7 Å². The molecule has 5 nitrogen and oxygen atoms in total. The third-order valence-corrected chi connectivity index (χ3v) is 2.67. The van der Waals surface area contributed by atoms with Gasteiger partial charge in [0.2, 0.25) is 0 Å². The Labute approximate surface area is 94.8 Å². The van der Waals surface area contributed by atoms with Crippen LogP contribution in [0.1, 0.15) is 12.5 Å². The summed E-state index contributed by atoms with van der Waals surface area (Å²) >= 11 is 0. The summed E-state index contributed by atoms with van der Waals surface area (Å²) < 4.78 is 22.1. The molecule has 0 aliphatic heterocycles. The Hall–Kier alpha value is -1.40. The zero-order chi connectivity index (χ0) is 12.8. The number of hydrogen-bond donors (Lipinski definition) is 2. The van der Waals surface area contributed by atoms with Crippen LogP contribution in [-0.2, 0) is 21.2 Å². The van der Waals surface area contributed by atoms with E-state index < -0.39 is 15.8 Å². The van der Waals surface area contributed by atoms with Crippen LogP contribution in [0, 0.1) is 0 Å². The van der Waals surface area contributed by atoms with E-state index in [4.69, 9.17) is 15.6 Å². The van der Waals surface area contributed by atoms with Crippen LogP contribution < -0.4 is 5.73 Å². The van der Waals surface area contributed by atoms with E-state index >= 15 is 0 Å². The van der Waals surface area contributed by atoms with Gasteiger partial charge in [-0.1, -0.05) is 12.1 Å². The topological polar surface area (TPSA) is 97.5 Å². The zero-order valence-electron chi connectivity index (χ0n) is 9.17. The van der Waals surface area contributed by atoms with Crippen molar-refractivity contribution in [2.45, 2.75) is 18.4 Å². The maximum Gasteiger partial charge on any atom is 0.300 e. The smallest absolute Gasteiger partial charge is 0.300 e. The fourth-order valence-electron chi connectivity index (χ4n) is 0.903. The molecule has 1 aromatic carbocycles. The van der Waals surface area contributed by atoms with Crippen molar-refractivity contribution in [3.8, 4) is 0 Å². The summed E-state index contributed by atoms with van der Waals surface area (Å²) in [6.07, 6.45) is 1.18. The van der Waals surface area contributed by atoms with Crippen molar-refractivity contribution in [1.29, 1.82) is 0 Å². The molecule has 0 atom stereocenters. The van der Waals surface area contributed by atoms with Gasteiger partial charge in [0.25, 0.3) is 5.97 Å². The van der Waals surface area contributed by atoms with E-state index in [1.165, 1.54) is 6.26 Å². The second-order valence-electron chi connectivity index (χ2n) is 3.14. The van der Waals surface area contributed by atoms with Gasteiger partial charge < -0.3 is 10.8 Å².